The first-order valence-corrected chi connectivity index (χ1v) is 10.0. The molecule has 2 aliphatic heterocycles. The second-order valence-electron chi connectivity index (χ2n) is 7.60. The summed E-state index contributed by atoms with van der Waals surface area (Å²) in [4.78, 5) is 18.3. The van der Waals surface area contributed by atoms with Gasteiger partial charge in [-0.1, -0.05) is 12.5 Å². The number of hydrogen-bond donors (Lipinski definition) is 0. The Bertz CT molecular complexity index is 895. The molecule has 6 heteroatoms. The van der Waals surface area contributed by atoms with E-state index in [2.05, 4.69) is 24.8 Å². The number of hydrogen-bond acceptors (Lipinski definition) is 6. The lowest BCUT2D eigenvalue weighted by Gasteiger charge is -2.39. The van der Waals surface area contributed by atoms with Gasteiger partial charge in [0.15, 0.2) is 5.58 Å². The topological polar surface area (TPSA) is 58.3 Å². The molecule has 0 bridgehead atoms. The summed E-state index contributed by atoms with van der Waals surface area (Å²) in [6, 6.07) is 7.39. The molecule has 140 valence electrons. The molecule has 0 unspecified atom stereocenters. The van der Waals surface area contributed by atoms with Gasteiger partial charge in [-0.2, -0.15) is 4.98 Å². The Morgan fingerprint density at radius 1 is 0.963 bits per heavy atom. The van der Waals surface area contributed by atoms with Crippen molar-refractivity contribution in [2.24, 2.45) is 0 Å². The van der Waals surface area contributed by atoms with Gasteiger partial charge >= 0.3 is 0 Å². The molecule has 5 rings (SSSR count). The van der Waals surface area contributed by atoms with Crippen LogP contribution >= 0.6 is 0 Å². The van der Waals surface area contributed by atoms with Crippen molar-refractivity contribution in [2.75, 3.05) is 31.1 Å². The maximum absolute atomic E-state index is 6.07. The molecule has 0 N–H and O–H groups in total. The summed E-state index contributed by atoms with van der Waals surface area (Å²) in [7, 11) is 0. The first kappa shape index (κ1) is 16.7. The van der Waals surface area contributed by atoms with E-state index in [0.717, 1.165) is 35.8 Å². The summed E-state index contributed by atoms with van der Waals surface area (Å²) in [5.41, 5.74) is 3.45. The van der Waals surface area contributed by atoms with Crippen LogP contribution in [0.15, 0.2) is 41.2 Å². The quantitative estimate of drug-likeness (QED) is 0.706. The minimum absolute atomic E-state index is 0.677. The third kappa shape index (κ3) is 3.41. The number of likely N-dealkylation sites (tertiary alicyclic amines) is 1. The minimum atomic E-state index is 0.677. The molecule has 0 aliphatic carbocycles. The van der Waals surface area contributed by atoms with Crippen molar-refractivity contribution in [3.05, 3.63) is 36.8 Å². The smallest absolute Gasteiger partial charge is 0.299 e. The van der Waals surface area contributed by atoms with E-state index in [-0.39, 0.29) is 0 Å². The zero-order valence-electron chi connectivity index (χ0n) is 15.5. The first-order valence-electron chi connectivity index (χ1n) is 10.0. The van der Waals surface area contributed by atoms with Crippen LogP contribution in [0.4, 0.5) is 6.01 Å². The third-order valence-electron chi connectivity index (χ3n) is 5.87. The number of rotatable bonds is 3. The average Bonchev–Trinajstić information content (AvgIpc) is 3.18. The van der Waals surface area contributed by atoms with Crippen molar-refractivity contribution in [1.82, 2.24) is 19.9 Å². The van der Waals surface area contributed by atoms with Crippen LogP contribution in [0, 0.1) is 0 Å². The van der Waals surface area contributed by atoms with E-state index in [9.17, 15) is 0 Å². The lowest BCUT2D eigenvalue weighted by atomic mass is 10.0. The third-order valence-corrected chi connectivity index (χ3v) is 5.87. The molecule has 0 radical (unpaired) electrons. The van der Waals surface area contributed by atoms with Gasteiger partial charge in [-0.3, -0.25) is 4.98 Å². The van der Waals surface area contributed by atoms with Gasteiger partial charge < -0.3 is 14.2 Å². The molecular weight excluding hydrogens is 338 g/mol. The molecule has 2 saturated heterocycles. The number of oxazole rings is 1. The standard InChI is InChI=1S/C21H25N5O/c1-2-9-25(10-3-1)18-6-11-26(12-7-18)21-24-20-19(27-21)13-17(15-23-20)16-5-4-8-22-14-16/h4-5,8,13-15,18H,1-3,6-7,9-12H2. The summed E-state index contributed by atoms with van der Waals surface area (Å²) in [6.07, 6.45) is 11.9. The molecule has 27 heavy (non-hydrogen) atoms. The maximum atomic E-state index is 6.07. The molecule has 3 aromatic rings. The zero-order valence-corrected chi connectivity index (χ0v) is 15.5. The Morgan fingerprint density at radius 2 is 1.81 bits per heavy atom. The van der Waals surface area contributed by atoms with E-state index in [1.807, 2.05) is 30.6 Å². The fourth-order valence-corrected chi connectivity index (χ4v) is 4.34. The van der Waals surface area contributed by atoms with Crippen molar-refractivity contribution >= 4 is 17.2 Å². The summed E-state index contributed by atoms with van der Waals surface area (Å²) in [5.74, 6) is 0. The first-order chi connectivity index (χ1) is 13.4. The second-order valence-corrected chi connectivity index (χ2v) is 7.60. The van der Waals surface area contributed by atoms with Gasteiger partial charge in [0.1, 0.15) is 0 Å². The van der Waals surface area contributed by atoms with E-state index in [4.69, 9.17) is 4.42 Å². The molecule has 2 aliphatic rings. The number of piperidine rings is 2. The molecule has 0 spiro atoms. The van der Waals surface area contributed by atoms with Crippen molar-refractivity contribution < 1.29 is 4.42 Å². The van der Waals surface area contributed by atoms with Gasteiger partial charge in [0.05, 0.1) is 0 Å². The fraction of sp³-hybridized carbons (Fsp3) is 0.476. The summed E-state index contributed by atoms with van der Waals surface area (Å²) >= 11 is 0. The predicted molar refractivity (Wildman–Crippen MR) is 106 cm³/mol. The molecule has 6 nitrogen and oxygen atoms in total. The van der Waals surface area contributed by atoms with Crippen LogP contribution in [0.3, 0.4) is 0 Å². The van der Waals surface area contributed by atoms with E-state index in [1.165, 1.54) is 45.2 Å². The number of nitrogens with zero attached hydrogens (tertiary/aromatic N) is 5. The van der Waals surface area contributed by atoms with Crippen LogP contribution in [-0.4, -0.2) is 52.1 Å². The average molecular weight is 363 g/mol. The summed E-state index contributed by atoms with van der Waals surface area (Å²) < 4.78 is 6.07. The monoisotopic (exact) mass is 363 g/mol. The van der Waals surface area contributed by atoms with Crippen LogP contribution in [0.1, 0.15) is 32.1 Å². The highest BCUT2D eigenvalue weighted by Gasteiger charge is 2.27. The van der Waals surface area contributed by atoms with Crippen LogP contribution in [0.5, 0.6) is 0 Å². The van der Waals surface area contributed by atoms with Crippen LogP contribution in [0.25, 0.3) is 22.4 Å². The molecule has 3 aromatic heterocycles. The van der Waals surface area contributed by atoms with Crippen LogP contribution in [0.2, 0.25) is 0 Å². The molecular formula is C21H25N5O. The molecule has 0 saturated carbocycles. The number of pyridine rings is 2. The minimum Gasteiger partial charge on any atom is -0.422 e. The molecule has 0 atom stereocenters. The maximum Gasteiger partial charge on any atom is 0.299 e. The van der Waals surface area contributed by atoms with Gasteiger partial charge in [-0.15, -0.1) is 0 Å². The molecule has 2 fully saturated rings. The van der Waals surface area contributed by atoms with Gasteiger partial charge in [-0.25, -0.2) is 4.98 Å². The van der Waals surface area contributed by atoms with Gasteiger partial charge in [0, 0.05) is 48.8 Å². The zero-order chi connectivity index (χ0) is 18.1. The Hall–Kier alpha value is -2.47. The molecule has 5 heterocycles. The van der Waals surface area contributed by atoms with Crippen LogP contribution in [-0.2, 0) is 0 Å². The number of fused-ring (bicyclic) bond motifs is 1. The second kappa shape index (κ2) is 7.27. The Labute approximate surface area is 159 Å². The largest absolute Gasteiger partial charge is 0.422 e. The highest BCUT2D eigenvalue weighted by atomic mass is 16.4. The van der Waals surface area contributed by atoms with Crippen molar-refractivity contribution in [1.29, 1.82) is 0 Å². The van der Waals surface area contributed by atoms with Gasteiger partial charge in [-0.05, 0) is 50.9 Å². The fourth-order valence-electron chi connectivity index (χ4n) is 4.34. The normalized spacial score (nSPS) is 19.6. The van der Waals surface area contributed by atoms with E-state index >= 15 is 0 Å². The Morgan fingerprint density at radius 3 is 2.59 bits per heavy atom. The highest BCUT2D eigenvalue weighted by Crippen LogP contribution is 2.28. The van der Waals surface area contributed by atoms with E-state index in [1.54, 1.807) is 6.20 Å². The Kier molecular flexibility index (Phi) is 4.49. The van der Waals surface area contributed by atoms with Gasteiger partial charge in [0.2, 0.25) is 5.65 Å². The van der Waals surface area contributed by atoms with E-state index < -0.39 is 0 Å². The lowest BCUT2D eigenvalue weighted by molar-refractivity contribution is 0.140. The van der Waals surface area contributed by atoms with E-state index in [0.29, 0.717) is 11.7 Å². The van der Waals surface area contributed by atoms with Crippen LogP contribution < -0.4 is 4.90 Å². The summed E-state index contributed by atoms with van der Waals surface area (Å²) in [6.45, 7) is 4.55. The predicted octanol–water partition coefficient (Wildman–Crippen LogP) is 3.74. The van der Waals surface area contributed by atoms with Gasteiger partial charge in [0.25, 0.3) is 6.01 Å². The lowest BCUT2D eigenvalue weighted by Crippen LogP contribution is -2.46. The Balaban J connectivity index is 1.31. The molecule has 0 amide bonds. The highest BCUT2D eigenvalue weighted by molar-refractivity contribution is 5.77. The van der Waals surface area contributed by atoms with Crippen molar-refractivity contribution in [3.63, 3.8) is 0 Å². The van der Waals surface area contributed by atoms with Crippen molar-refractivity contribution in [3.8, 4) is 11.1 Å². The molecule has 0 aromatic carbocycles. The van der Waals surface area contributed by atoms with Crippen molar-refractivity contribution in [2.45, 2.75) is 38.1 Å². The SMILES string of the molecule is c1cncc(-c2cnc3nc(N4CCC(N5CCCCC5)CC4)oc3c2)c1. The number of aromatic nitrogens is 3. The summed E-state index contributed by atoms with van der Waals surface area (Å²) in [5, 5.41) is 0. The number of anilines is 1.